The molecule has 0 aromatic heterocycles. The lowest BCUT2D eigenvalue weighted by Gasteiger charge is -2.22. The molecule has 0 aliphatic rings. The first-order chi connectivity index (χ1) is 16.1. The molecule has 1 radical (unpaired) electrons. The first kappa shape index (κ1) is 26.1. The molecule has 0 heterocycles. The van der Waals surface area contributed by atoms with Gasteiger partial charge in [0.1, 0.15) is 0 Å². The van der Waals surface area contributed by atoms with Crippen LogP contribution in [0, 0.1) is 6.07 Å². The molecule has 6 heteroatoms. The zero-order valence-electron chi connectivity index (χ0n) is 19.6. The Bertz CT molecular complexity index is 840. The molecule has 0 saturated heterocycles. The van der Waals surface area contributed by atoms with Crippen molar-refractivity contribution in [2.75, 3.05) is 25.0 Å². The number of amides is 3. The van der Waals surface area contributed by atoms with E-state index >= 15 is 0 Å². The van der Waals surface area contributed by atoms with Gasteiger partial charge in [0.2, 0.25) is 11.8 Å². The molecule has 2 aromatic carbocycles. The van der Waals surface area contributed by atoms with E-state index in [-0.39, 0.29) is 24.1 Å². The van der Waals surface area contributed by atoms with E-state index < -0.39 is 0 Å². The fourth-order valence-electron chi connectivity index (χ4n) is 3.45. The molecule has 2 aromatic rings. The second kappa shape index (κ2) is 15.6. The molecule has 0 aliphatic carbocycles. The van der Waals surface area contributed by atoms with Crippen LogP contribution < -0.4 is 10.6 Å². The van der Waals surface area contributed by atoms with Crippen LogP contribution in [0.4, 0.5) is 5.69 Å². The molecule has 0 fully saturated rings. The number of hydrogen-bond donors (Lipinski definition) is 2. The van der Waals surface area contributed by atoms with Gasteiger partial charge in [-0.15, -0.1) is 0 Å². The average Bonchev–Trinajstić information content (AvgIpc) is 2.84. The summed E-state index contributed by atoms with van der Waals surface area (Å²) >= 11 is 0. The monoisotopic (exact) mass is 450 g/mol. The van der Waals surface area contributed by atoms with Crippen LogP contribution in [0.1, 0.15) is 68.6 Å². The minimum atomic E-state index is -0.0938. The van der Waals surface area contributed by atoms with E-state index in [2.05, 4.69) is 23.6 Å². The lowest BCUT2D eigenvalue weighted by atomic mass is 10.1. The van der Waals surface area contributed by atoms with Crippen molar-refractivity contribution in [3.63, 3.8) is 0 Å². The number of nitrogens with zero attached hydrogens (tertiary/aromatic N) is 1. The summed E-state index contributed by atoms with van der Waals surface area (Å²) in [6, 6.07) is 19.2. The Morgan fingerprint density at radius 2 is 1.58 bits per heavy atom. The molecular formula is C27H36N3O3. The molecule has 0 saturated carbocycles. The van der Waals surface area contributed by atoms with Gasteiger partial charge in [-0.2, -0.15) is 0 Å². The molecule has 33 heavy (non-hydrogen) atoms. The highest BCUT2D eigenvalue weighted by molar-refractivity contribution is 5.94. The van der Waals surface area contributed by atoms with E-state index in [1.165, 1.54) is 0 Å². The summed E-state index contributed by atoms with van der Waals surface area (Å²) in [5.74, 6) is -0.0204. The Hall–Kier alpha value is -3.15. The van der Waals surface area contributed by atoms with Crippen LogP contribution in [0.25, 0.3) is 0 Å². The minimum Gasteiger partial charge on any atom is -0.352 e. The number of carbonyl (C=O) groups excluding carboxylic acids is 3. The molecule has 3 amide bonds. The van der Waals surface area contributed by atoms with Crippen LogP contribution >= 0.6 is 0 Å². The van der Waals surface area contributed by atoms with E-state index in [1.54, 1.807) is 36.4 Å². The molecule has 0 bridgehead atoms. The minimum absolute atomic E-state index is 0.0461. The van der Waals surface area contributed by atoms with Crippen molar-refractivity contribution in [3.05, 3.63) is 66.2 Å². The number of hydrogen-bond acceptors (Lipinski definition) is 3. The molecule has 0 aliphatic heterocycles. The molecule has 0 unspecified atom stereocenters. The summed E-state index contributed by atoms with van der Waals surface area (Å²) in [6.07, 6.45) is 6.39. The van der Waals surface area contributed by atoms with Gasteiger partial charge in [0.05, 0.1) is 0 Å². The third kappa shape index (κ3) is 10.8. The van der Waals surface area contributed by atoms with Crippen LogP contribution in [0.5, 0.6) is 0 Å². The zero-order valence-corrected chi connectivity index (χ0v) is 19.6. The van der Waals surface area contributed by atoms with Gasteiger partial charge in [0, 0.05) is 43.7 Å². The topological polar surface area (TPSA) is 78.5 Å². The van der Waals surface area contributed by atoms with Crippen molar-refractivity contribution in [3.8, 4) is 0 Å². The summed E-state index contributed by atoms with van der Waals surface area (Å²) < 4.78 is 0. The Morgan fingerprint density at radius 3 is 2.30 bits per heavy atom. The van der Waals surface area contributed by atoms with Gasteiger partial charge in [0.25, 0.3) is 5.91 Å². The molecular weight excluding hydrogens is 414 g/mol. The van der Waals surface area contributed by atoms with Crippen molar-refractivity contribution in [1.82, 2.24) is 10.2 Å². The van der Waals surface area contributed by atoms with E-state index in [1.807, 2.05) is 23.1 Å². The second-order valence-electron chi connectivity index (χ2n) is 8.11. The maximum atomic E-state index is 12.6. The maximum absolute atomic E-state index is 12.6. The standard InChI is InChI=1S/C27H36N3O3/c1-2-3-18-26(32)30(22-19-25(31)29-24-16-10-7-11-17-24)21-13-5-4-12-20-28-27(33)23-14-8-6-9-15-23/h6,8-11,14-17H,2-5,12-13,18-22H2,1H3,(H,28,33)(H,29,31). The van der Waals surface area contributed by atoms with E-state index in [0.29, 0.717) is 31.6 Å². The Labute approximate surface area is 197 Å². The average molecular weight is 451 g/mol. The Kier molecular flexibility index (Phi) is 12.4. The molecule has 0 spiro atoms. The number of anilines is 1. The highest BCUT2D eigenvalue weighted by atomic mass is 16.2. The predicted molar refractivity (Wildman–Crippen MR) is 132 cm³/mol. The van der Waals surface area contributed by atoms with Gasteiger partial charge < -0.3 is 15.5 Å². The second-order valence-corrected chi connectivity index (χ2v) is 8.11. The lowest BCUT2D eigenvalue weighted by Crippen LogP contribution is -2.34. The summed E-state index contributed by atoms with van der Waals surface area (Å²) in [4.78, 5) is 38.7. The Balaban J connectivity index is 1.66. The number of nitrogens with one attached hydrogen (secondary N) is 2. The van der Waals surface area contributed by atoms with Crippen LogP contribution in [0.15, 0.2) is 54.6 Å². The quantitative estimate of drug-likeness (QED) is 0.382. The maximum Gasteiger partial charge on any atom is 0.251 e. The van der Waals surface area contributed by atoms with E-state index in [9.17, 15) is 14.4 Å². The van der Waals surface area contributed by atoms with Gasteiger partial charge in [0.15, 0.2) is 0 Å². The first-order valence-electron chi connectivity index (χ1n) is 12.0. The van der Waals surface area contributed by atoms with Gasteiger partial charge in [-0.1, -0.05) is 56.5 Å². The summed E-state index contributed by atoms with van der Waals surface area (Å²) in [7, 11) is 0. The normalized spacial score (nSPS) is 10.5. The molecule has 177 valence electrons. The van der Waals surface area contributed by atoms with Crippen LogP contribution in [-0.2, 0) is 9.59 Å². The van der Waals surface area contributed by atoms with E-state index in [0.717, 1.165) is 44.2 Å². The van der Waals surface area contributed by atoms with Gasteiger partial charge in [-0.25, -0.2) is 0 Å². The summed E-state index contributed by atoms with van der Waals surface area (Å²) in [5, 5.41) is 5.80. The SMILES string of the molecule is CCCCC(=O)N(CCCCCCNC(=O)c1ccccc1)CCC(=O)Nc1cc[c]cc1. The van der Waals surface area contributed by atoms with E-state index in [4.69, 9.17) is 0 Å². The largest absolute Gasteiger partial charge is 0.352 e. The number of carbonyl (C=O) groups is 3. The van der Waals surface area contributed by atoms with Crippen LogP contribution in [0.3, 0.4) is 0 Å². The van der Waals surface area contributed by atoms with Gasteiger partial charge >= 0.3 is 0 Å². The number of benzene rings is 2. The third-order valence-corrected chi connectivity index (χ3v) is 5.38. The van der Waals surface area contributed by atoms with Crippen molar-refractivity contribution in [2.45, 2.75) is 58.3 Å². The van der Waals surface area contributed by atoms with Crippen LogP contribution in [0.2, 0.25) is 0 Å². The van der Waals surface area contributed by atoms with Crippen molar-refractivity contribution in [2.24, 2.45) is 0 Å². The number of rotatable bonds is 15. The molecule has 6 nitrogen and oxygen atoms in total. The lowest BCUT2D eigenvalue weighted by molar-refractivity contribution is -0.131. The zero-order chi connectivity index (χ0) is 23.7. The fourth-order valence-corrected chi connectivity index (χ4v) is 3.45. The highest BCUT2D eigenvalue weighted by Gasteiger charge is 2.14. The van der Waals surface area contributed by atoms with Crippen LogP contribution in [-0.4, -0.2) is 42.3 Å². The molecule has 0 atom stereocenters. The van der Waals surface area contributed by atoms with Crippen molar-refractivity contribution < 1.29 is 14.4 Å². The Morgan fingerprint density at radius 1 is 0.848 bits per heavy atom. The van der Waals surface area contributed by atoms with Gasteiger partial charge in [-0.05, 0) is 49.6 Å². The molecule has 2 rings (SSSR count). The molecule has 2 N–H and O–H groups in total. The summed E-state index contributed by atoms with van der Waals surface area (Å²) in [6.45, 7) is 3.80. The van der Waals surface area contributed by atoms with Crippen molar-refractivity contribution in [1.29, 1.82) is 0 Å². The highest BCUT2D eigenvalue weighted by Crippen LogP contribution is 2.09. The summed E-state index contributed by atoms with van der Waals surface area (Å²) in [5.41, 5.74) is 1.41. The number of unbranched alkanes of at least 4 members (excludes halogenated alkanes) is 4. The predicted octanol–water partition coefficient (Wildman–Crippen LogP) is 4.82. The fraction of sp³-hybridized carbons (Fsp3) is 0.444. The smallest absolute Gasteiger partial charge is 0.251 e. The van der Waals surface area contributed by atoms with Crippen molar-refractivity contribution >= 4 is 23.4 Å². The van der Waals surface area contributed by atoms with Gasteiger partial charge in [-0.3, -0.25) is 14.4 Å². The third-order valence-electron chi connectivity index (χ3n) is 5.38. The first-order valence-corrected chi connectivity index (χ1v) is 12.0.